The summed E-state index contributed by atoms with van der Waals surface area (Å²) >= 11 is 5.93. The number of nitrogens with zero attached hydrogens (tertiary/aromatic N) is 3. The molecule has 1 saturated heterocycles. The molecule has 0 bridgehead atoms. The SMILES string of the molecule is Cc1cn(CCCN2CCN(c3ccc(Cl)cc3OCC(F)(F)F)CC2)c(=O)[nH]c1=O.Cl. The minimum absolute atomic E-state index is 0. The molecule has 0 radical (unpaired) electrons. The number of hydrogen-bond acceptors (Lipinski definition) is 5. The second kappa shape index (κ2) is 11.1. The third-order valence-electron chi connectivity index (χ3n) is 5.09. The third-order valence-corrected chi connectivity index (χ3v) is 5.32. The summed E-state index contributed by atoms with van der Waals surface area (Å²) in [6.07, 6.45) is -2.14. The van der Waals surface area contributed by atoms with E-state index in [-0.39, 0.29) is 23.7 Å². The Morgan fingerprint density at radius 3 is 2.47 bits per heavy atom. The predicted molar refractivity (Wildman–Crippen MR) is 120 cm³/mol. The van der Waals surface area contributed by atoms with Gasteiger partial charge in [-0.25, -0.2) is 4.79 Å². The van der Waals surface area contributed by atoms with Gasteiger partial charge in [0.2, 0.25) is 0 Å². The molecule has 12 heteroatoms. The van der Waals surface area contributed by atoms with Gasteiger partial charge in [0.05, 0.1) is 5.69 Å². The van der Waals surface area contributed by atoms with E-state index < -0.39 is 18.5 Å². The monoisotopic (exact) mass is 496 g/mol. The van der Waals surface area contributed by atoms with Gasteiger partial charge < -0.3 is 14.2 Å². The van der Waals surface area contributed by atoms with E-state index in [2.05, 4.69) is 9.88 Å². The fourth-order valence-electron chi connectivity index (χ4n) is 3.49. The molecule has 2 heterocycles. The van der Waals surface area contributed by atoms with Crippen LogP contribution >= 0.6 is 24.0 Å². The summed E-state index contributed by atoms with van der Waals surface area (Å²) in [5.41, 5.74) is 0.274. The lowest BCUT2D eigenvalue weighted by atomic mass is 10.2. The Labute approximate surface area is 194 Å². The Kier molecular flexibility index (Phi) is 9.06. The molecule has 1 fully saturated rings. The Morgan fingerprint density at radius 1 is 1.12 bits per heavy atom. The number of anilines is 1. The Bertz CT molecular complexity index is 1020. The molecule has 0 amide bonds. The van der Waals surface area contributed by atoms with Crippen molar-refractivity contribution in [2.75, 3.05) is 44.2 Å². The number of nitrogens with one attached hydrogen (secondary N) is 1. The second-order valence-corrected chi connectivity index (χ2v) is 7.90. The third kappa shape index (κ3) is 7.18. The first-order valence-corrected chi connectivity index (χ1v) is 10.3. The highest BCUT2D eigenvalue weighted by Crippen LogP contribution is 2.33. The molecule has 3 rings (SSSR count). The zero-order valence-electron chi connectivity index (χ0n) is 17.5. The van der Waals surface area contributed by atoms with Crippen LogP contribution in [0.4, 0.5) is 18.9 Å². The number of alkyl halides is 3. The number of aromatic nitrogens is 2. The van der Waals surface area contributed by atoms with Gasteiger partial charge in [-0.1, -0.05) is 11.6 Å². The van der Waals surface area contributed by atoms with Gasteiger partial charge >= 0.3 is 11.9 Å². The Balaban J connectivity index is 0.00000363. The lowest BCUT2D eigenvalue weighted by molar-refractivity contribution is -0.153. The van der Waals surface area contributed by atoms with Crippen molar-refractivity contribution in [3.05, 3.63) is 55.8 Å². The lowest BCUT2D eigenvalue weighted by Crippen LogP contribution is -2.47. The minimum atomic E-state index is -4.43. The van der Waals surface area contributed by atoms with E-state index in [1.54, 1.807) is 25.3 Å². The maximum absolute atomic E-state index is 12.6. The van der Waals surface area contributed by atoms with E-state index in [0.717, 1.165) is 26.1 Å². The molecule has 7 nitrogen and oxygen atoms in total. The van der Waals surface area contributed by atoms with Gasteiger partial charge in [0.15, 0.2) is 6.61 Å². The summed E-state index contributed by atoms with van der Waals surface area (Å²) in [4.78, 5) is 29.8. The molecule has 0 spiro atoms. The van der Waals surface area contributed by atoms with Crippen molar-refractivity contribution in [3.8, 4) is 5.75 Å². The van der Waals surface area contributed by atoms with E-state index >= 15 is 0 Å². The molecule has 32 heavy (non-hydrogen) atoms. The van der Waals surface area contributed by atoms with Gasteiger partial charge in [-0.15, -0.1) is 12.4 Å². The number of halogens is 5. The van der Waals surface area contributed by atoms with Crippen LogP contribution < -0.4 is 20.9 Å². The summed E-state index contributed by atoms with van der Waals surface area (Å²) in [7, 11) is 0. The van der Waals surface area contributed by atoms with Crippen molar-refractivity contribution in [2.24, 2.45) is 0 Å². The normalized spacial score (nSPS) is 14.8. The molecule has 1 aromatic carbocycles. The Morgan fingerprint density at radius 2 is 1.81 bits per heavy atom. The van der Waals surface area contributed by atoms with Gasteiger partial charge in [-0.2, -0.15) is 13.2 Å². The molecule has 0 atom stereocenters. The van der Waals surface area contributed by atoms with Crippen molar-refractivity contribution in [2.45, 2.75) is 26.1 Å². The van der Waals surface area contributed by atoms with Gasteiger partial charge in [0.25, 0.3) is 5.56 Å². The van der Waals surface area contributed by atoms with Crippen molar-refractivity contribution in [1.82, 2.24) is 14.5 Å². The average Bonchev–Trinajstić information content (AvgIpc) is 2.70. The number of benzene rings is 1. The molecule has 1 N–H and O–H groups in total. The molecular formula is C20H25Cl2F3N4O3. The molecule has 0 aliphatic carbocycles. The lowest BCUT2D eigenvalue weighted by Gasteiger charge is -2.36. The van der Waals surface area contributed by atoms with Crippen molar-refractivity contribution in [1.29, 1.82) is 0 Å². The topological polar surface area (TPSA) is 70.6 Å². The van der Waals surface area contributed by atoms with Crippen LogP contribution in [0.2, 0.25) is 5.02 Å². The maximum Gasteiger partial charge on any atom is 0.422 e. The fourth-order valence-corrected chi connectivity index (χ4v) is 3.65. The molecule has 1 aromatic heterocycles. The quantitative estimate of drug-likeness (QED) is 0.637. The smallest absolute Gasteiger partial charge is 0.422 e. The van der Waals surface area contributed by atoms with Crippen LogP contribution in [0.3, 0.4) is 0 Å². The average molecular weight is 497 g/mol. The maximum atomic E-state index is 12.6. The van der Waals surface area contributed by atoms with Crippen molar-refractivity contribution in [3.63, 3.8) is 0 Å². The summed E-state index contributed by atoms with van der Waals surface area (Å²) in [5, 5.41) is 0.312. The number of H-pyrrole nitrogens is 1. The van der Waals surface area contributed by atoms with Crippen molar-refractivity contribution < 1.29 is 17.9 Å². The van der Waals surface area contributed by atoms with Gasteiger partial charge in [0, 0.05) is 55.6 Å². The zero-order chi connectivity index (χ0) is 22.6. The number of rotatable bonds is 7. The number of piperazine rings is 1. The van der Waals surface area contributed by atoms with Gasteiger partial charge in [-0.05, 0) is 32.0 Å². The minimum Gasteiger partial charge on any atom is -0.482 e. The predicted octanol–water partition coefficient (Wildman–Crippen LogP) is 3.07. The van der Waals surface area contributed by atoms with E-state index in [4.69, 9.17) is 16.3 Å². The van der Waals surface area contributed by atoms with Crippen LogP contribution in [0.15, 0.2) is 34.0 Å². The summed E-state index contributed by atoms with van der Waals surface area (Å²) in [5.74, 6) is 0.117. The number of aromatic amines is 1. The molecule has 1 aliphatic rings. The highest BCUT2D eigenvalue weighted by Gasteiger charge is 2.29. The van der Waals surface area contributed by atoms with Crippen molar-refractivity contribution >= 4 is 29.7 Å². The molecular weight excluding hydrogens is 472 g/mol. The number of ether oxygens (including phenoxy) is 1. The van der Waals surface area contributed by atoms with E-state index in [9.17, 15) is 22.8 Å². The van der Waals surface area contributed by atoms with Gasteiger partial charge in [0.1, 0.15) is 5.75 Å². The highest BCUT2D eigenvalue weighted by atomic mass is 35.5. The van der Waals surface area contributed by atoms with Crippen LogP contribution in [-0.4, -0.2) is 60.0 Å². The number of aryl methyl sites for hydroxylation is 2. The largest absolute Gasteiger partial charge is 0.482 e. The molecule has 0 saturated carbocycles. The van der Waals surface area contributed by atoms with E-state index in [0.29, 0.717) is 35.9 Å². The first-order valence-electron chi connectivity index (χ1n) is 9.89. The summed E-state index contributed by atoms with van der Waals surface area (Å²) < 4.78 is 44.1. The first-order chi connectivity index (χ1) is 14.6. The molecule has 2 aromatic rings. The van der Waals surface area contributed by atoms with Gasteiger partial charge in [-0.3, -0.25) is 14.7 Å². The van der Waals surface area contributed by atoms with Crippen LogP contribution in [0, 0.1) is 6.92 Å². The fraction of sp³-hybridized carbons (Fsp3) is 0.500. The van der Waals surface area contributed by atoms with E-state index in [1.807, 2.05) is 4.90 Å². The number of hydrogen-bond donors (Lipinski definition) is 1. The molecule has 0 unspecified atom stereocenters. The zero-order valence-corrected chi connectivity index (χ0v) is 19.0. The second-order valence-electron chi connectivity index (χ2n) is 7.46. The van der Waals surface area contributed by atoms with E-state index in [1.165, 1.54) is 10.6 Å². The molecule has 178 valence electrons. The highest BCUT2D eigenvalue weighted by molar-refractivity contribution is 6.30. The summed E-state index contributed by atoms with van der Waals surface area (Å²) in [6.45, 7) is 4.23. The van der Waals surface area contributed by atoms with Crippen LogP contribution in [-0.2, 0) is 6.54 Å². The summed E-state index contributed by atoms with van der Waals surface area (Å²) in [6, 6.07) is 4.71. The van der Waals surface area contributed by atoms with Crippen LogP contribution in [0.25, 0.3) is 0 Å². The standard InChI is InChI=1S/C20H24ClF3N4O3.ClH/c1-14-12-28(19(30)25-18(14)29)6-2-5-26-7-9-27(10-8-26)16-4-3-15(21)11-17(16)31-13-20(22,23)24;/h3-4,11-12H,2,5-10,13H2,1H3,(H,25,29,30);1H. The molecule has 1 aliphatic heterocycles. The van der Waals surface area contributed by atoms with Crippen LogP contribution in [0.1, 0.15) is 12.0 Å². The Hall–Kier alpha value is -2.17. The first kappa shape index (κ1) is 26.1. The van der Waals surface area contributed by atoms with Crippen LogP contribution in [0.5, 0.6) is 5.75 Å².